The Morgan fingerprint density at radius 2 is 2.35 bits per heavy atom. The second kappa shape index (κ2) is 9.28. The quantitative estimate of drug-likeness (QED) is 0.692. The van der Waals surface area contributed by atoms with Crippen LogP contribution in [0.5, 0.6) is 0 Å². The van der Waals surface area contributed by atoms with Crippen molar-refractivity contribution in [3.63, 3.8) is 0 Å². The number of nitrogens with one attached hydrogen (secondary N) is 1. The molecule has 6 nitrogen and oxygen atoms in total. The maximum atomic E-state index is 12.3. The van der Waals surface area contributed by atoms with Crippen LogP contribution in [0, 0.1) is 5.92 Å². The molecule has 0 spiro atoms. The van der Waals surface area contributed by atoms with E-state index in [4.69, 9.17) is 4.52 Å². The first kappa shape index (κ1) is 19.0. The summed E-state index contributed by atoms with van der Waals surface area (Å²) in [6.07, 6.45) is 4.08. The third-order valence-corrected chi connectivity index (χ3v) is 5.11. The molecule has 0 bridgehead atoms. The first-order valence-corrected chi connectivity index (χ1v) is 10.0. The van der Waals surface area contributed by atoms with Crippen molar-refractivity contribution in [3.05, 3.63) is 34.6 Å². The molecule has 1 aliphatic heterocycles. The van der Waals surface area contributed by atoms with Crippen molar-refractivity contribution < 1.29 is 9.32 Å². The number of likely N-dealkylation sites (tertiary alicyclic amines) is 1. The molecular weight excluding hydrogens is 396 g/mol. The number of hydrogen-bond acceptors (Lipinski definition) is 5. The van der Waals surface area contributed by atoms with Crippen molar-refractivity contribution >= 4 is 21.8 Å². The molecule has 0 radical (unpaired) electrons. The fourth-order valence-electron chi connectivity index (χ4n) is 3.20. The number of benzene rings is 1. The fourth-order valence-corrected chi connectivity index (χ4v) is 3.60. The van der Waals surface area contributed by atoms with Crippen LogP contribution in [0.15, 0.2) is 33.3 Å². The van der Waals surface area contributed by atoms with Crippen LogP contribution in [0.2, 0.25) is 0 Å². The monoisotopic (exact) mass is 420 g/mol. The predicted octanol–water partition coefficient (Wildman–Crippen LogP) is 3.63. The molecule has 1 aromatic carbocycles. The summed E-state index contributed by atoms with van der Waals surface area (Å²) in [4.78, 5) is 19.0. The lowest BCUT2D eigenvalue weighted by molar-refractivity contribution is -0.126. The molecule has 2 aromatic rings. The van der Waals surface area contributed by atoms with Gasteiger partial charge in [0.2, 0.25) is 17.6 Å². The standard InChI is InChI=1S/C19H25BrN4O2/c1-2-3-9-21-19(25)15-7-5-10-24(12-15)13-17-22-18(23-26-17)14-6-4-8-16(20)11-14/h4,6,8,11,15H,2-3,5,7,9-10,12-13H2,1H3,(H,21,25). The zero-order chi connectivity index (χ0) is 18.4. The van der Waals surface area contributed by atoms with E-state index in [9.17, 15) is 4.79 Å². The van der Waals surface area contributed by atoms with Gasteiger partial charge in [-0.3, -0.25) is 9.69 Å². The minimum Gasteiger partial charge on any atom is -0.356 e. The lowest BCUT2D eigenvalue weighted by atomic mass is 9.97. The normalized spacial score (nSPS) is 18.0. The van der Waals surface area contributed by atoms with Gasteiger partial charge in [0.15, 0.2) is 0 Å². The topological polar surface area (TPSA) is 71.3 Å². The number of carbonyl (C=O) groups excluding carboxylic acids is 1. The van der Waals surface area contributed by atoms with Gasteiger partial charge in [-0.25, -0.2) is 0 Å². The highest BCUT2D eigenvalue weighted by Crippen LogP contribution is 2.22. The molecule has 0 aliphatic carbocycles. The number of hydrogen-bond donors (Lipinski definition) is 1. The number of piperidine rings is 1. The van der Waals surface area contributed by atoms with E-state index < -0.39 is 0 Å². The molecule has 26 heavy (non-hydrogen) atoms. The number of carbonyl (C=O) groups is 1. The van der Waals surface area contributed by atoms with Crippen molar-refractivity contribution in [2.45, 2.75) is 39.2 Å². The van der Waals surface area contributed by atoms with Crippen molar-refractivity contribution in [3.8, 4) is 11.4 Å². The average Bonchev–Trinajstić information content (AvgIpc) is 3.10. The predicted molar refractivity (Wildman–Crippen MR) is 103 cm³/mol. The number of aromatic nitrogens is 2. The molecule has 1 fully saturated rings. The Morgan fingerprint density at radius 1 is 1.46 bits per heavy atom. The van der Waals surface area contributed by atoms with Crippen LogP contribution in [0.3, 0.4) is 0 Å². The Kier molecular flexibility index (Phi) is 6.80. The number of amides is 1. The molecule has 7 heteroatoms. The average molecular weight is 421 g/mol. The van der Waals surface area contributed by atoms with Crippen LogP contribution in [-0.4, -0.2) is 40.6 Å². The molecule has 140 valence electrons. The zero-order valence-corrected chi connectivity index (χ0v) is 16.7. The van der Waals surface area contributed by atoms with Crippen LogP contribution >= 0.6 is 15.9 Å². The molecular formula is C19H25BrN4O2. The van der Waals surface area contributed by atoms with Crippen LogP contribution in [0.4, 0.5) is 0 Å². The van der Waals surface area contributed by atoms with E-state index in [1.54, 1.807) is 0 Å². The van der Waals surface area contributed by atoms with Crippen molar-refractivity contribution in [2.24, 2.45) is 5.92 Å². The second-order valence-corrected chi connectivity index (χ2v) is 7.66. The van der Waals surface area contributed by atoms with Gasteiger partial charge in [-0.15, -0.1) is 0 Å². The molecule has 1 atom stereocenters. The SMILES string of the molecule is CCCCNC(=O)C1CCCN(Cc2nc(-c3cccc(Br)c3)no2)C1. The summed E-state index contributed by atoms with van der Waals surface area (Å²) in [5, 5.41) is 7.13. The highest BCUT2D eigenvalue weighted by atomic mass is 79.9. The van der Waals surface area contributed by atoms with Gasteiger partial charge < -0.3 is 9.84 Å². The van der Waals surface area contributed by atoms with Crippen LogP contribution in [0.25, 0.3) is 11.4 Å². The highest BCUT2D eigenvalue weighted by molar-refractivity contribution is 9.10. The molecule has 1 saturated heterocycles. The third kappa shape index (κ3) is 5.14. The van der Waals surface area contributed by atoms with Crippen molar-refractivity contribution in [1.29, 1.82) is 0 Å². The first-order chi connectivity index (χ1) is 12.7. The van der Waals surface area contributed by atoms with E-state index in [2.05, 4.69) is 43.2 Å². The molecule has 3 rings (SSSR count). The summed E-state index contributed by atoms with van der Waals surface area (Å²) in [5.41, 5.74) is 0.918. The van der Waals surface area contributed by atoms with Gasteiger partial charge in [0.05, 0.1) is 12.5 Å². The number of nitrogens with zero attached hydrogens (tertiary/aromatic N) is 3. The Balaban J connectivity index is 1.56. The maximum Gasteiger partial charge on any atom is 0.241 e. The molecule has 1 N–H and O–H groups in total. The number of halogens is 1. The van der Waals surface area contributed by atoms with Crippen molar-refractivity contribution in [1.82, 2.24) is 20.4 Å². The van der Waals surface area contributed by atoms with Gasteiger partial charge in [-0.05, 0) is 37.9 Å². The van der Waals surface area contributed by atoms with Gasteiger partial charge in [0.1, 0.15) is 0 Å². The smallest absolute Gasteiger partial charge is 0.241 e. The highest BCUT2D eigenvalue weighted by Gasteiger charge is 2.26. The van der Waals surface area contributed by atoms with Gasteiger partial charge in [-0.1, -0.05) is 46.6 Å². The van der Waals surface area contributed by atoms with E-state index >= 15 is 0 Å². The van der Waals surface area contributed by atoms with Gasteiger partial charge >= 0.3 is 0 Å². The molecule has 1 unspecified atom stereocenters. The Bertz CT molecular complexity index is 734. The van der Waals surface area contributed by atoms with E-state index in [0.717, 1.165) is 55.4 Å². The van der Waals surface area contributed by atoms with E-state index in [1.165, 1.54) is 0 Å². The Hall–Kier alpha value is -1.73. The van der Waals surface area contributed by atoms with Crippen LogP contribution < -0.4 is 5.32 Å². The van der Waals surface area contributed by atoms with Crippen LogP contribution in [0.1, 0.15) is 38.5 Å². The second-order valence-electron chi connectivity index (χ2n) is 6.74. The first-order valence-electron chi connectivity index (χ1n) is 9.24. The van der Waals surface area contributed by atoms with Crippen LogP contribution in [-0.2, 0) is 11.3 Å². The van der Waals surface area contributed by atoms with Gasteiger partial charge in [-0.2, -0.15) is 4.98 Å². The molecule has 1 amide bonds. The summed E-state index contributed by atoms with van der Waals surface area (Å²) in [5.74, 6) is 1.40. The van der Waals surface area contributed by atoms with E-state index in [-0.39, 0.29) is 11.8 Å². The summed E-state index contributed by atoms with van der Waals surface area (Å²) in [7, 11) is 0. The number of unbranched alkanes of at least 4 members (excludes halogenated alkanes) is 1. The zero-order valence-electron chi connectivity index (χ0n) is 15.1. The largest absolute Gasteiger partial charge is 0.356 e. The molecule has 0 saturated carbocycles. The van der Waals surface area contributed by atoms with Gasteiger partial charge in [0, 0.05) is 23.1 Å². The third-order valence-electron chi connectivity index (χ3n) is 4.62. The maximum absolute atomic E-state index is 12.3. The lowest BCUT2D eigenvalue weighted by Crippen LogP contribution is -2.42. The molecule has 1 aromatic heterocycles. The van der Waals surface area contributed by atoms with Gasteiger partial charge in [0.25, 0.3) is 0 Å². The number of rotatable bonds is 7. The Labute approximate surface area is 162 Å². The lowest BCUT2D eigenvalue weighted by Gasteiger charge is -2.30. The van der Waals surface area contributed by atoms with Crippen molar-refractivity contribution in [2.75, 3.05) is 19.6 Å². The van der Waals surface area contributed by atoms with E-state index in [1.807, 2.05) is 24.3 Å². The summed E-state index contributed by atoms with van der Waals surface area (Å²) >= 11 is 3.46. The summed E-state index contributed by atoms with van der Waals surface area (Å²) in [6, 6.07) is 7.83. The summed E-state index contributed by atoms with van der Waals surface area (Å²) < 4.78 is 6.40. The minimum absolute atomic E-state index is 0.0491. The molecule has 1 aliphatic rings. The minimum atomic E-state index is 0.0491. The summed E-state index contributed by atoms with van der Waals surface area (Å²) in [6.45, 7) is 5.17. The van der Waals surface area contributed by atoms with E-state index in [0.29, 0.717) is 18.3 Å². The fraction of sp³-hybridized carbons (Fsp3) is 0.526. The molecule has 2 heterocycles. The Morgan fingerprint density at radius 3 is 3.15 bits per heavy atom.